The van der Waals surface area contributed by atoms with Gasteiger partial charge >= 0.3 is 0 Å². The maximum Gasteiger partial charge on any atom is 0.255 e. The molecule has 10 heteroatoms. The van der Waals surface area contributed by atoms with Gasteiger partial charge in [-0.25, -0.2) is 9.67 Å². The summed E-state index contributed by atoms with van der Waals surface area (Å²) in [6, 6.07) is 14.9. The number of nitrogens with zero attached hydrogens (tertiary/aromatic N) is 4. The molecule has 0 spiro atoms. The van der Waals surface area contributed by atoms with Crippen LogP contribution in [0.1, 0.15) is 27.2 Å². The Morgan fingerprint density at radius 2 is 1.83 bits per heavy atom. The molecule has 2 aromatic heterocycles. The van der Waals surface area contributed by atoms with Crippen LogP contribution in [0.4, 0.5) is 11.5 Å². The molecule has 0 radical (unpaired) electrons. The molecular weight excluding hydrogens is 460 g/mol. The molecule has 0 aliphatic heterocycles. The predicted molar refractivity (Wildman–Crippen MR) is 135 cm³/mol. The Kier molecular flexibility index (Phi) is 7.64. The highest BCUT2D eigenvalue weighted by Crippen LogP contribution is 2.35. The van der Waals surface area contributed by atoms with Crippen LogP contribution >= 0.6 is 0 Å². The van der Waals surface area contributed by atoms with Crippen LogP contribution in [-0.2, 0) is 13.1 Å². The summed E-state index contributed by atoms with van der Waals surface area (Å²) in [5.74, 6) is 2.17. The first kappa shape index (κ1) is 24.5. The van der Waals surface area contributed by atoms with Gasteiger partial charge in [0.2, 0.25) is 0 Å². The van der Waals surface area contributed by atoms with E-state index in [0.717, 1.165) is 22.6 Å². The Balaban J connectivity index is 1.41. The van der Waals surface area contributed by atoms with E-state index < -0.39 is 0 Å². The van der Waals surface area contributed by atoms with Crippen molar-refractivity contribution >= 4 is 17.4 Å². The minimum atomic E-state index is -0.285. The maximum atomic E-state index is 13.0. The van der Waals surface area contributed by atoms with Crippen LogP contribution in [0.25, 0.3) is 0 Å². The second kappa shape index (κ2) is 11.2. The van der Waals surface area contributed by atoms with Crippen LogP contribution in [0.2, 0.25) is 0 Å². The number of aromatic nitrogens is 4. The summed E-state index contributed by atoms with van der Waals surface area (Å²) in [6.45, 7) is 2.71. The van der Waals surface area contributed by atoms with Crippen molar-refractivity contribution in [2.24, 2.45) is 0 Å². The normalized spacial score (nSPS) is 10.6. The van der Waals surface area contributed by atoms with Crippen molar-refractivity contribution in [2.45, 2.75) is 20.0 Å². The lowest BCUT2D eigenvalue weighted by Crippen LogP contribution is -2.24. The Hall–Kier alpha value is -4.60. The summed E-state index contributed by atoms with van der Waals surface area (Å²) in [7, 11) is 4.80. The lowest BCUT2D eigenvalue weighted by molar-refractivity contribution is 0.0951. The van der Waals surface area contributed by atoms with Crippen molar-refractivity contribution in [2.75, 3.05) is 26.6 Å². The number of pyridine rings is 1. The molecule has 10 nitrogen and oxygen atoms in total. The van der Waals surface area contributed by atoms with Crippen LogP contribution in [-0.4, -0.2) is 47.2 Å². The van der Waals surface area contributed by atoms with E-state index in [1.165, 1.54) is 0 Å². The van der Waals surface area contributed by atoms with Gasteiger partial charge in [-0.1, -0.05) is 17.3 Å². The summed E-state index contributed by atoms with van der Waals surface area (Å²) in [4.78, 5) is 17.3. The van der Waals surface area contributed by atoms with E-state index >= 15 is 0 Å². The molecule has 4 rings (SSSR count). The van der Waals surface area contributed by atoms with Gasteiger partial charge in [-0.05, 0) is 48.4 Å². The number of rotatable bonds is 10. The molecule has 0 aliphatic rings. The van der Waals surface area contributed by atoms with Gasteiger partial charge in [0.25, 0.3) is 5.91 Å². The third-order valence-corrected chi connectivity index (χ3v) is 5.50. The first-order valence-electron chi connectivity index (χ1n) is 11.3. The summed E-state index contributed by atoms with van der Waals surface area (Å²) in [5, 5.41) is 14.4. The van der Waals surface area contributed by atoms with Crippen LogP contribution < -0.4 is 24.8 Å². The molecule has 2 heterocycles. The largest absolute Gasteiger partial charge is 0.497 e. The van der Waals surface area contributed by atoms with Crippen molar-refractivity contribution in [3.8, 4) is 17.2 Å². The second-order valence-corrected chi connectivity index (χ2v) is 7.99. The monoisotopic (exact) mass is 488 g/mol. The van der Waals surface area contributed by atoms with Crippen LogP contribution in [0.3, 0.4) is 0 Å². The predicted octanol–water partition coefficient (Wildman–Crippen LogP) is 3.73. The first-order chi connectivity index (χ1) is 17.5. The van der Waals surface area contributed by atoms with Gasteiger partial charge in [0.05, 0.1) is 46.2 Å². The van der Waals surface area contributed by atoms with Gasteiger partial charge in [0.1, 0.15) is 17.3 Å². The number of hydrogen-bond acceptors (Lipinski definition) is 8. The highest BCUT2D eigenvalue weighted by atomic mass is 16.5. The number of anilines is 2. The molecule has 0 bridgehead atoms. The number of aryl methyl sites for hydroxylation is 1. The molecule has 186 valence electrons. The highest BCUT2D eigenvalue weighted by molar-refractivity contribution is 5.99. The zero-order valence-electron chi connectivity index (χ0n) is 20.6. The van der Waals surface area contributed by atoms with E-state index in [0.29, 0.717) is 35.1 Å². The fourth-order valence-corrected chi connectivity index (χ4v) is 3.73. The van der Waals surface area contributed by atoms with Gasteiger partial charge in [-0.15, -0.1) is 5.10 Å². The average Bonchev–Trinajstić information content (AvgIpc) is 3.35. The number of methoxy groups -OCH3 is 3. The Bertz CT molecular complexity index is 1340. The molecule has 36 heavy (non-hydrogen) atoms. The van der Waals surface area contributed by atoms with Crippen LogP contribution in [0.15, 0.2) is 60.9 Å². The van der Waals surface area contributed by atoms with Gasteiger partial charge in [0.15, 0.2) is 11.5 Å². The van der Waals surface area contributed by atoms with Crippen molar-refractivity contribution in [1.82, 2.24) is 25.3 Å². The van der Waals surface area contributed by atoms with Gasteiger partial charge < -0.3 is 24.8 Å². The smallest absolute Gasteiger partial charge is 0.255 e. The molecule has 4 aromatic rings. The van der Waals surface area contributed by atoms with Crippen molar-refractivity contribution in [3.05, 3.63) is 83.3 Å². The number of nitrogens with one attached hydrogen (secondary N) is 2. The Labute approximate surface area is 209 Å². The minimum Gasteiger partial charge on any atom is -0.497 e. The van der Waals surface area contributed by atoms with E-state index in [1.807, 2.05) is 37.3 Å². The van der Waals surface area contributed by atoms with E-state index in [1.54, 1.807) is 56.6 Å². The number of benzene rings is 2. The molecule has 2 N–H and O–H groups in total. The van der Waals surface area contributed by atoms with E-state index in [-0.39, 0.29) is 12.5 Å². The zero-order chi connectivity index (χ0) is 25.5. The molecular formula is C26H28N6O4. The molecule has 0 fully saturated rings. The van der Waals surface area contributed by atoms with Crippen molar-refractivity contribution in [1.29, 1.82) is 0 Å². The fraction of sp³-hybridized carbons (Fsp3) is 0.231. The van der Waals surface area contributed by atoms with Crippen molar-refractivity contribution in [3.63, 3.8) is 0 Å². The van der Waals surface area contributed by atoms with E-state index in [9.17, 15) is 4.79 Å². The molecule has 0 aliphatic carbocycles. The molecule has 0 saturated carbocycles. The molecule has 2 aromatic carbocycles. The summed E-state index contributed by atoms with van der Waals surface area (Å²) in [5.41, 5.74) is 3.72. The second-order valence-electron chi connectivity index (χ2n) is 7.99. The fourth-order valence-electron chi connectivity index (χ4n) is 3.73. The third-order valence-electron chi connectivity index (χ3n) is 5.50. The number of ether oxygens (including phenoxy) is 3. The summed E-state index contributed by atoms with van der Waals surface area (Å²) in [6.07, 6.45) is 3.43. The number of carbonyl (C=O) groups is 1. The quantitative estimate of drug-likeness (QED) is 0.347. The molecule has 1 amide bonds. The molecule has 0 saturated heterocycles. The van der Waals surface area contributed by atoms with Gasteiger partial charge in [-0.3, -0.25) is 4.79 Å². The average molecular weight is 489 g/mol. The number of hydrogen-bond donors (Lipinski definition) is 2. The summed E-state index contributed by atoms with van der Waals surface area (Å²) < 4.78 is 17.7. The topological polar surface area (TPSA) is 112 Å². The molecule has 0 unspecified atom stereocenters. The lowest BCUT2D eigenvalue weighted by Gasteiger charge is -2.15. The van der Waals surface area contributed by atoms with Gasteiger partial charge in [-0.2, -0.15) is 0 Å². The standard InChI is InChI=1S/C26H28N6O4/c1-17-12-19(13-23(35-3)24(17)36-4)29-25-22(6-5-11-27-25)26(33)28-14-20-16-32(31-30-20)15-18-7-9-21(34-2)10-8-18/h5-13,16H,14-15H2,1-4H3,(H,27,29)(H,28,33). The van der Waals surface area contributed by atoms with Crippen LogP contribution in [0, 0.1) is 6.92 Å². The SMILES string of the molecule is COc1ccc(Cn2cc(CNC(=O)c3cccnc3Nc3cc(C)c(OC)c(OC)c3)nn2)cc1. The Morgan fingerprint density at radius 1 is 1.03 bits per heavy atom. The number of carbonyl (C=O) groups excluding carboxylic acids is 1. The minimum absolute atomic E-state index is 0.227. The maximum absolute atomic E-state index is 13.0. The lowest BCUT2D eigenvalue weighted by atomic mass is 10.1. The zero-order valence-corrected chi connectivity index (χ0v) is 20.6. The molecule has 0 atom stereocenters. The van der Waals surface area contributed by atoms with E-state index in [4.69, 9.17) is 14.2 Å². The highest BCUT2D eigenvalue weighted by Gasteiger charge is 2.15. The van der Waals surface area contributed by atoms with E-state index in [2.05, 4.69) is 25.9 Å². The van der Waals surface area contributed by atoms with Crippen LogP contribution in [0.5, 0.6) is 17.2 Å². The van der Waals surface area contributed by atoms with Gasteiger partial charge in [0, 0.05) is 18.0 Å². The summed E-state index contributed by atoms with van der Waals surface area (Å²) >= 11 is 0. The van der Waals surface area contributed by atoms with Crippen molar-refractivity contribution < 1.29 is 19.0 Å². The third kappa shape index (κ3) is 5.72. The number of amides is 1. The first-order valence-corrected chi connectivity index (χ1v) is 11.3. The Morgan fingerprint density at radius 3 is 2.56 bits per heavy atom.